The van der Waals surface area contributed by atoms with Crippen LogP contribution in [0.4, 0.5) is 0 Å². The Morgan fingerprint density at radius 3 is 1.12 bits per heavy atom. The number of carbonyl (C=O) groups excluding carboxylic acids is 2. The molecule has 0 aliphatic heterocycles. The number of esters is 2. The first-order chi connectivity index (χ1) is 37.1. The molecule has 0 aromatic rings. The Morgan fingerprint density at radius 1 is 0.408 bits per heavy atom. The van der Waals surface area contributed by atoms with Crippen LogP contribution in [0, 0.1) is 0 Å². The van der Waals surface area contributed by atoms with Gasteiger partial charge >= 0.3 is 17.9 Å². The number of hydrogen-bond acceptors (Lipinski definition) is 7. The van der Waals surface area contributed by atoms with E-state index in [2.05, 4.69) is 148 Å². The predicted molar refractivity (Wildman–Crippen MR) is 322 cm³/mol. The Morgan fingerprint density at radius 2 is 0.750 bits per heavy atom. The maximum atomic E-state index is 12.9. The summed E-state index contributed by atoms with van der Waals surface area (Å²) >= 11 is 0. The molecule has 0 bridgehead atoms. The zero-order valence-electron chi connectivity index (χ0n) is 48.9. The van der Waals surface area contributed by atoms with Crippen molar-refractivity contribution in [1.82, 2.24) is 0 Å². The quantitative estimate of drug-likeness (QED) is 0.0211. The summed E-state index contributed by atoms with van der Waals surface area (Å²) in [4.78, 5) is 37.4. The topological polar surface area (TPSA) is 108 Å². The molecule has 0 spiro atoms. The van der Waals surface area contributed by atoms with Crippen LogP contribution in [0.5, 0.6) is 0 Å². The molecule has 0 amide bonds. The molecule has 0 heterocycles. The van der Waals surface area contributed by atoms with Crippen LogP contribution in [0.25, 0.3) is 0 Å². The van der Waals surface area contributed by atoms with Crippen LogP contribution < -0.4 is 0 Å². The molecular formula is C67H110NO8+. The Kier molecular flexibility index (Phi) is 53.2. The number of carboxylic acids is 1. The number of quaternary nitrogens is 1. The Hall–Kier alpha value is -4.57. The Balaban J connectivity index is 4.27. The molecule has 0 fully saturated rings. The van der Waals surface area contributed by atoms with Gasteiger partial charge in [-0.05, 0) is 116 Å². The number of allylic oxidation sites excluding steroid dienone is 22. The Labute approximate surface area is 465 Å². The first-order valence-electron chi connectivity index (χ1n) is 29.8. The van der Waals surface area contributed by atoms with Crippen molar-refractivity contribution in [3.05, 3.63) is 134 Å². The van der Waals surface area contributed by atoms with Gasteiger partial charge in [-0.1, -0.05) is 218 Å². The van der Waals surface area contributed by atoms with Crippen molar-refractivity contribution >= 4 is 17.9 Å². The summed E-state index contributed by atoms with van der Waals surface area (Å²) in [5.41, 5.74) is 0. The smallest absolute Gasteiger partial charge is 0.361 e. The Bertz CT molecular complexity index is 1700. The zero-order chi connectivity index (χ0) is 55.5. The van der Waals surface area contributed by atoms with Crippen molar-refractivity contribution in [2.24, 2.45) is 0 Å². The van der Waals surface area contributed by atoms with Gasteiger partial charge < -0.3 is 28.5 Å². The minimum Gasteiger partial charge on any atom is -0.477 e. The highest BCUT2D eigenvalue weighted by Gasteiger charge is 2.25. The number of carbonyl (C=O) groups is 3. The summed E-state index contributed by atoms with van der Waals surface area (Å²) < 4.78 is 22.8. The van der Waals surface area contributed by atoms with Gasteiger partial charge in [-0.15, -0.1) is 0 Å². The van der Waals surface area contributed by atoms with E-state index >= 15 is 0 Å². The highest BCUT2D eigenvalue weighted by molar-refractivity contribution is 5.71. The van der Waals surface area contributed by atoms with Crippen molar-refractivity contribution in [3.63, 3.8) is 0 Å². The van der Waals surface area contributed by atoms with E-state index in [1.807, 2.05) is 21.1 Å². The molecule has 430 valence electrons. The maximum Gasteiger partial charge on any atom is 0.361 e. The summed E-state index contributed by atoms with van der Waals surface area (Å²) in [6.45, 7) is 4.69. The second-order valence-corrected chi connectivity index (χ2v) is 20.6. The monoisotopic (exact) mass is 1060 g/mol. The van der Waals surface area contributed by atoms with Crippen molar-refractivity contribution < 1.29 is 42.9 Å². The lowest BCUT2D eigenvalue weighted by molar-refractivity contribution is -0.870. The lowest BCUT2D eigenvalue weighted by Gasteiger charge is -2.25. The highest BCUT2D eigenvalue weighted by Crippen LogP contribution is 2.14. The zero-order valence-corrected chi connectivity index (χ0v) is 48.9. The molecule has 0 saturated carbocycles. The van der Waals surface area contributed by atoms with Gasteiger partial charge in [0.25, 0.3) is 6.29 Å². The lowest BCUT2D eigenvalue weighted by atomic mass is 10.1. The van der Waals surface area contributed by atoms with Gasteiger partial charge in [0.15, 0.2) is 6.10 Å². The van der Waals surface area contributed by atoms with E-state index in [1.54, 1.807) is 0 Å². The van der Waals surface area contributed by atoms with Crippen LogP contribution in [-0.2, 0) is 33.3 Å². The fraction of sp³-hybridized carbons (Fsp3) is 0.627. The van der Waals surface area contributed by atoms with Crippen molar-refractivity contribution in [3.8, 4) is 0 Å². The largest absolute Gasteiger partial charge is 0.477 e. The normalized spacial score (nSPS) is 13.8. The average Bonchev–Trinajstić information content (AvgIpc) is 3.39. The summed E-state index contributed by atoms with van der Waals surface area (Å²) in [7, 11) is 5.95. The van der Waals surface area contributed by atoms with Crippen molar-refractivity contribution in [1.29, 1.82) is 0 Å². The molecule has 0 aliphatic rings. The predicted octanol–water partition coefficient (Wildman–Crippen LogP) is 17.8. The summed E-state index contributed by atoms with van der Waals surface area (Å²) in [5.74, 6) is -2.05. The number of carboxylic acid groups (broad SMARTS) is 1. The SMILES string of the molecule is CC/C=C\C/C=C\C/C=C\C/C=C\C/C=C\C/C=C\C/C=C\C/C=C\C/C=C\CCCCCCCCCC(=O)OC(COC(=O)CCCCCCC/C=C\C/C=C\CCCCCC)COC(OCC[N+](C)(C)C)C(=O)O. The van der Waals surface area contributed by atoms with Gasteiger partial charge in [0.2, 0.25) is 0 Å². The fourth-order valence-corrected chi connectivity index (χ4v) is 7.56. The van der Waals surface area contributed by atoms with E-state index in [1.165, 1.54) is 51.4 Å². The standard InChI is InChI=1S/C67H109NO8/c1-6-8-10-12-14-16-18-20-22-24-25-26-27-28-29-30-31-32-33-34-35-36-37-38-39-40-41-42-44-46-48-50-52-54-56-58-65(70)76-63(62-75-67(66(71)72)73-60-59-68(3,4)5)61-74-64(69)57-55-53-51-49-47-45-43-23-21-19-17-15-13-11-9-7-2/h8,10,14,16-17,19-20,22-23,25-26,28-29,31-32,34-35,37-38,40-41,43,63,67H,6-7,9,11-13,15,18,21,24,27,30,33,36,39,42,44-62H2,1-5H3/p+1/b10-8-,16-14-,19-17-,22-20-,26-25-,29-28-,32-31-,35-34-,38-37-,41-40-,43-23-. The molecule has 0 rings (SSSR count). The van der Waals surface area contributed by atoms with Gasteiger partial charge in [-0.3, -0.25) is 9.59 Å². The average molecular weight is 1060 g/mol. The molecule has 0 aliphatic carbocycles. The molecule has 9 heteroatoms. The van der Waals surface area contributed by atoms with E-state index < -0.39 is 24.3 Å². The van der Waals surface area contributed by atoms with Crippen LogP contribution in [-0.4, -0.2) is 87.4 Å². The second kappa shape index (κ2) is 56.6. The molecule has 0 saturated heterocycles. The second-order valence-electron chi connectivity index (χ2n) is 20.6. The van der Waals surface area contributed by atoms with Crippen molar-refractivity contribution in [2.75, 3.05) is 47.5 Å². The van der Waals surface area contributed by atoms with E-state index in [4.69, 9.17) is 18.9 Å². The van der Waals surface area contributed by atoms with Gasteiger partial charge in [0.05, 0.1) is 34.4 Å². The molecule has 9 nitrogen and oxygen atoms in total. The third-order valence-electron chi connectivity index (χ3n) is 12.1. The first-order valence-corrected chi connectivity index (χ1v) is 29.8. The fourth-order valence-electron chi connectivity index (χ4n) is 7.56. The molecule has 2 atom stereocenters. The lowest BCUT2D eigenvalue weighted by Crippen LogP contribution is -2.40. The highest BCUT2D eigenvalue weighted by atomic mass is 16.7. The molecule has 76 heavy (non-hydrogen) atoms. The summed E-state index contributed by atoms with van der Waals surface area (Å²) in [5, 5.41) is 9.70. The number of nitrogens with zero attached hydrogens (tertiary/aromatic N) is 1. The molecule has 0 aromatic carbocycles. The molecular weight excluding hydrogens is 947 g/mol. The van der Waals surface area contributed by atoms with Crippen LogP contribution in [0.15, 0.2) is 134 Å². The van der Waals surface area contributed by atoms with Crippen LogP contribution >= 0.6 is 0 Å². The van der Waals surface area contributed by atoms with Gasteiger partial charge in [-0.2, -0.15) is 0 Å². The van der Waals surface area contributed by atoms with Crippen LogP contribution in [0.2, 0.25) is 0 Å². The van der Waals surface area contributed by atoms with Gasteiger partial charge in [-0.25, -0.2) is 4.79 Å². The minimum absolute atomic E-state index is 0.176. The third-order valence-corrected chi connectivity index (χ3v) is 12.1. The number of hydrogen-bond donors (Lipinski definition) is 1. The van der Waals surface area contributed by atoms with E-state index in [9.17, 15) is 19.5 Å². The molecule has 0 aromatic heterocycles. The first kappa shape index (κ1) is 71.4. The molecule has 1 N–H and O–H groups in total. The van der Waals surface area contributed by atoms with Gasteiger partial charge in [0.1, 0.15) is 13.2 Å². The summed E-state index contributed by atoms with van der Waals surface area (Å²) in [6.07, 6.45) is 78.2. The third kappa shape index (κ3) is 57.1. The molecule has 2 unspecified atom stereocenters. The van der Waals surface area contributed by atoms with Crippen LogP contribution in [0.3, 0.4) is 0 Å². The number of rotatable bonds is 53. The van der Waals surface area contributed by atoms with Crippen LogP contribution in [0.1, 0.15) is 213 Å². The number of unbranched alkanes of at least 4 members (excludes halogenated alkanes) is 16. The number of aliphatic carboxylic acids is 1. The van der Waals surface area contributed by atoms with E-state index in [0.29, 0.717) is 17.4 Å². The van der Waals surface area contributed by atoms with Gasteiger partial charge in [0, 0.05) is 12.8 Å². The minimum atomic E-state index is -1.52. The summed E-state index contributed by atoms with van der Waals surface area (Å²) in [6, 6.07) is 0. The maximum absolute atomic E-state index is 12.9. The number of ether oxygens (including phenoxy) is 4. The van der Waals surface area contributed by atoms with Crippen molar-refractivity contribution in [2.45, 2.75) is 225 Å². The molecule has 0 radical (unpaired) electrons. The number of likely N-dealkylation sites (N-methyl/N-ethyl adjacent to an activating group) is 1. The van der Waals surface area contributed by atoms with E-state index in [-0.39, 0.29) is 38.6 Å². The van der Waals surface area contributed by atoms with E-state index in [0.717, 1.165) is 128 Å².